The van der Waals surface area contributed by atoms with Crippen LogP contribution >= 0.6 is 11.3 Å². The standard InChI is InChI=1S/C18H20N2OS/c1-3-20(4-2)12-13-9-10-15-17(11-13)22-18(19-15)14-7-5-6-8-16(14)21/h5-11,21H,3-4,12H2,1-2H3. The molecule has 0 saturated heterocycles. The van der Waals surface area contributed by atoms with Gasteiger partial charge >= 0.3 is 0 Å². The zero-order valence-electron chi connectivity index (χ0n) is 12.9. The summed E-state index contributed by atoms with van der Waals surface area (Å²) in [5.41, 5.74) is 3.10. The molecule has 0 aliphatic carbocycles. The summed E-state index contributed by atoms with van der Waals surface area (Å²) in [6, 6.07) is 13.8. The van der Waals surface area contributed by atoms with Crippen LogP contribution in [-0.4, -0.2) is 28.1 Å². The monoisotopic (exact) mass is 312 g/mol. The van der Waals surface area contributed by atoms with Crippen LogP contribution in [0.1, 0.15) is 19.4 Å². The Morgan fingerprint density at radius 1 is 1.09 bits per heavy atom. The SMILES string of the molecule is CCN(CC)Cc1ccc2nc(-c3ccccc3O)sc2c1. The number of rotatable bonds is 5. The molecular formula is C18H20N2OS. The minimum atomic E-state index is 0.282. The Morgan fingerprint density at radius 3 is 2.59 bits per heavy atom. The van der Waals surface area contributed by atoms with Crippen molar-refractivity contribution in [2.24, 2.45) is 0 Å². The lowest BCUT2D eigenvalue weighted by molar-refractivity contribution is 0.296. The molecule has 0 aliphatic heterocycles. The molecule has 1 heterocycles. The normalized spacial score (nSPS) is 11.4. The number of aromatic nitrogens is 1. The van der Waals surface area contributed by atoms with Gasteiger partial charge in [-0.2, -0.15) is 0 Å². The van der Waals surface area contributed by atoms with E-state index in [0.717, 1.165) is 35.7 Å². The van der Waals surface area contributed by atoms with Crippen molar-refractivity contribution in [3.8, 4) is 16.3 Å². The van der Waals surface area contributed by atoms with Crippen molar-refractivity contribution in [2.75, 3.05) is 13.1 Å². The summed E-state index contributed by atoms with van der Waals surface area (Å²) in [5.74, 6) is 0.282. The van der Waals surface area contributed by atoms with Gasteiger partial charge in [-0.3, -0.25) is 4.90 Å². The van der Waals surface area contributed by atoms with Gasteiger partial charge in [0.2, 0.25) is 0 Å². The fourth-order valence-corrected chi connectivity index (χ4v) is 3.61. The average molecular weight is 312 g/mol. The number of hydrogen-bond donors (Lipinski definition) is 1. The number of para-hydroxylation sites is 1. The van der Waals surface area contributed by atoms with E-state index in [0.29, 0.717) is 0 Å². The van der Waals surface area contributed by atoms with Gasteiger partial charge in [-0.15, -0.1) is 11.3 Å². The van der Waals surface area contributed by atoms with E-state index in [2.05, 4.69) is 41.9 Å². The topological polar surface area (TPSA) is 36.4 Å². The Bertz CT molecular complexity index is 778. The van der Waals surface area contributed by atoms with E-state index in [-0.39, 0.29) is 5.75 Å². The highest BCUT2D eigenvalue weighted by atomic mass is 32.1. The number of phenols is 1. The van der Waals surface area contributed by atoms with Crippen molar-refractivity contribution in [1.29, 1.82) is 0 Å². The number of thiazole rings is 1. The number of hydrogen-bond acceptors (Lipinski definition) is 4. The average Bonchev–Trinajstić information content (AvgIpc) is 2.96. The highest BCUT2D eigenvalue weighted by molar-refractivity contribution is 7.21. The molecule has 0 saturated carbocycles. The summed E-state index contributed by atoms with van der Waals surface area (Å²) in [6.45, 7) is 7.45. The Balaban J connectivity index is 1.95. The molecule has 3 aromatic rings. The third-order valence-corrected chi connectivity index (χ3v) is 4.94. The highest BCUT2D eigenvalue weighted by Crippen LogP contribution is 2.35. The van der Waals surface area contributed by atoms with Crippen molar-refractivity contribution >= 4 is 21.6 Å². The van der Waals surface area contributed by atoms with E-state index < -0.39 is 0 Å². The largest absolute Gasteiger partial charge is 0.507 e. The lowest BCUT2D eigenvalue weighted by atomic mass is 10.2. The van der Waals surface area contributed by atoms with Gasteiger partial charge in [0.25, 0.3) is 0 Å². The Kier molecular flexibility index (Phi) is 4.41. The zero-order valence-corrected chi connectivity index (χ0v) is 13.7. The third kappa shape index (κ3) is 2.98. The minimum absolute atomic E-state index is 0.282. The van der Waals surface area contributed by atoms with Gasteiger partial charge < -0.3 is 5.11 Å². The van der Waals surface area contributed by atoms with Gasteiger partial charge in [0.1, 0.15) is 10.8 Å². The van der Waals surface area contributed by atoms with Crippen LogP contribution in [-0.2, 0) is 6.54 Å². The maximum absolute atomic E-state index is 9.99. The van der Waals surface area contributed by atoms with Crippen LogP contribution in [0.25, 0.3) is 20.8 Å². The molecular weight excluding hydrogens is 292 g/mol. The summed E-state index contributed by atoms with van der Waals surface area (Å²) in [4.78, 5) is 7.04. The van der Waals surface area contributed by atoms with E-state index in [9.17, 15) is 5.11 Å². The highest BCUT2D eigenvalue weighted by Gasteiger charge is 2.10. The van der Waals surface area contributed by atoms with E-state index in [1.54, 1.807) is 17.4 Å². The number of phenolic OH excluding ortho intramolecular Hbond substituents is 1. The van der Waals surface area contributed by atoms with Crippen LogP contribution in [0.4, 0.5) is 0 Å². The Morgan fingerprint density at radius 2 is 1.86 bits per heavy atom. The molecule has 0 fully saturated rings. The second-order valence-corrected chi connectivity index (χ2v) is 6.33. The summed E-state index contributed by atoms with van der Waals surface area (Å²) in [7, 11) is 0. The molecule has 2 aromatic carbocycles. The lowest BCUT2D eigenvalue weighted by Gasteiger charge is -2.17. The van der Waals surface area contributed by atoms with Gasteiger partial charge in [-0.1, -0.05) is 32.0 Å². The molecule has 114 valence electrons. The Labute approximate surface area is 134 Å². The van der Waals surface area contributed by atoms with Crippen molar-refractivity contribution in [2.45, 2.75) is 20.4 Å². The molecule has 4 heteroatoms. The quantitative estimate of drug-likeness (QED) is 0.753. The fourth-order valence-electron chi connectivity index (χ4n) is 2.54. The summed E-state index contributed by atoms with van der Waals surface area (Å²) in [6.07, 6.45) is 0. The predicted molar refractivity (Wildman–Crippen MR) is 93.3 cm³/mol. The van der Waals surface area contributed by atoms with Gasteiger partial charge in [0.15, 0.2) is 0 Å². The van der Waals surface area contributed by atoms with Crippen LogP contribution in [0, 0.1) is 0 Å². The van der Waals surface area contributed by atoms with Crippen LogP contribution in [0.2, 0.25) is 0 Å². The first-order chi connectivity index (χ1) is 10.7. The van der Waals surface area contributed by atoms with E-state index in [4.69, 9.17) is 0 Å². The van der Waals surface area contributed by atoms with Crippen LogP contribution in [0.5, 0.6) is 5.75 Å². The van der Waals surface area contributed by atoms with Crippen molar-refractivity contribution in [3.05, 3.63) is 48.0 Å². The van der Waals surface area contributed by atoms with Gasteiger partial charge in [-0.05, 0) is 42.9 Å². The summed E-state index contributed by atoms with van der Waals surface area (Å²) < 4.78 is 1.17. The first kappa shape index (κ1) is 15.0. The first-order valence-electron chi connectivity index (χ1n) is 7.61. The van der Waals surface area contributed by atoms with E-state index >= 15 is 0 Å². The van der Waals surface area contributed by atoms with Crippen molar-refractivity contribution in [1.82, 2.24) is 9.88 Å². The third-order valence-electron chi connectivity index (χ3n) is 3.89. The number of fused-ring (bicyclic) bond motifs is 1. The predicted octanol–water partition coefficient (Wildman–Crippen LogP) is 4.51. The van der Waals surface area contributed by atoms with Gasteiger partial charge in [0.05, 0.1) is 15.8 Å². The Hall–Kier alpha value is -1.91. The molecule has 0 aliphatic rings. The molecule has 0 radical (unpaired) electrons. The van der Waals surface area contributed by atoms with E-state index in [1.807, 2.05) is 18.2 Å². The first-order valence-corrected chi connectivity index (χ1v) is 8.43. The van der Waals surface area contributed by atoms with Crippen molar-refractivity contribution < 1.29 is 5.11 Å². The molecule has 1 aromatic heterocycles. The van der Waals surface area contributed by atoms with Crippen LogP contribution in [0.15, 0.2) is 42.5 Å². The molecule has 3 rings (SSSR count). The lowest BCUT2D eigenvalue weighted by Crippen LogP contribution is -2.21. The molecule has 0 atom stereocenters. The van der Waals surface area contributed by atoms with Crippen LogP contribution in [0.3, 0.4) is 0 Å². The molecule has 0 spiro atoms. The molecule has 22 heavy (non-hydrogen) atoms. The minimum Gasteiger partial charge on any atom is -0.507 e. The molecule has 0 unspecified atom stereocenters. The molecule has 3 nitrogen and oxygen atoms in total. The van der Waals surface area contributed by atoms with Crippen molar-refractivity contribution in [3.63, 3.8) is 0 Å². The second kappa shape index (κ2) is 6.46. The number of nitrogens with zero attached hydrogens (tertiary/aromatic N) is 2. The summed E-state index contributed by atoms with van der Waals surface area (Å²) >= 11 is 1.63. The van der Waals surface area contributed by atoms with E-state index in [1.165, 1.54) is 10.3 Å². The molecule has 1 N–H and O–H groups in total. The van der Waals surface area contributed by atoms with Gasteiger partial charge in [-0.25, -0.2) is 4.98 Å². The zero-order chi connectivity index (χ0) is 15.5. The maximum Gasteiger partial charge on any atom is 0.128 e. The summed E-state index contributed by atoms with van der Waals surface area (Å²) in [5, 5.41) is 10.9. The number of aromatic hydroxyl groups is 1. The second-order valence-electron chi connectivity index (χ2n) is 5.30. The maximum atomic E-state index is 9.99. The smallest absolute Gasteiger partial charge is 0.128 e. The fraction of sp³-hybridized carbons (Fsp3) is 0.278. The molecule has 0 amide bonds. The van der Waals surface area contributed by atoms with Gasteiger partial charge in [0, 0.05) is 6.54 Å². The number of benzene rings is 2. The molecule has 0 bridgehead atoms. The van der Waals surface area contributed by atoms with Crippen LogP contribution < -0.4 is 0 Å².